The number of fused-ring (bicyclic) bond motifs is 2. The number of benzene rings is 1. The summed E-state index contributed by atoms with van der Waals surface area (Å²) in [6.07, 6.45) is 2.74. The van der Waals surface area contributed by atoms with Gasteiger partial charge in [0.25, 0.3) is 0 Å². The SMILES string of the molecule is COc1ccc([C@H](C)NC(=O)[C@@H]2[C@H]3CC[C@@H](C3)[C@@H]2C(=O)O)cc1OC. The van der Waals surface area contributed by atoms with E-state index in [0.29, 0.717) is 11.5 Å². The number of nitrogens with one attached hydrogen (secondary N) is 1. The lowest BCUT2D eigenvalue weighted by Crippen LogP contribution is -2.42. The Labute approximate surface area is 147 Å². The molecular weight excluding hydrogens is 322 g/mol. The first-order chi connectivity index (χ1) is 12.0. The van der Waals surface area contributed by atoms with Crippen molar-refractivity contribution in [3.8, 4) is 11.5 Å². The van der Waals surface area contributed by atoms with Crippen molar-refractivity contribution >= 4 is 11.9 Å². The highest BCUT2D eigenvalue weighted by atomic mass is 16.5. The van der Waals surface area contributed by atoms with Gasteiger partial charge < -0.3 is 19.9 Å². The number of rotatable bonds is 6. The fourth-order valence-electron chi connectivity index (χ4n) is 4.54. The second-order valence-corrected chi connectivity index (χ2v) is 7.07. The Bertz CT molecular complexity index is 674. The van der Waals surface area contributed by atoms with Crippen molar-refractivity contribution in [2.24, 2.45) is 23.7 Å². The van der Waals surface area contributed by atoms with Crippen LogP contribution in [0.5, 0.6) is 11.5 Å². The second-order valence-electron chi connectivity index (χ2n) is 7.07. The first-order valence-corrected chi connectivity index (χ1v) is 8.71. The van der Waals surface area contributed by atoms with Gasteiger partial charge in [-0.15, -0.1) is 0 Å². The molecule has 0 aliphatic heterocycles. The molecule has 1 amide bonds. The van der Waals surface area contributed by atoms with Gasteiger partial charge in [0.2, 0.25) is 5.91 Å². The second kappa shape index (κ2) is 6.94. The molecular formula is C19H25NO5. The lowest BCUT2D eigenvalue weighted by Gasteiger charge is -2.28. The molecule has 5 atom stereocenters. The van der Waals surface area contributed by atoms with E-state index in [-0.39, 0.29) is 23.8 Å². The molecule has 3 rings (SSSR count). The number of hydrogen-bond acceptors (Lipinski definition) is 4. The third kappa shape index (κ3) is 3.17. The molecule has 2 saturated carbocycles. The topological polar surface area (TPSA) is 84.9 Å². The molecule has 0 heterocycles. The van der Waals surface area contributed by atoms with Crippen molar-refractivity contribution in [2.75, 3.05) is 14.2 Å². The van der Waals surface area contributed by atoms with Gasteiger partial charge >= 0.3 is 5.97 Å². The maximum atomic E-state index is 12.8. The number of methoxy groups -OCH3 is 2. The van der Waals surface area contributed by atoms with E-state index in [2.05, 4.69) is 5.32 Å². The molecule has 2 aliphatic carbocycles. The number of hydrogen-bond donors (Lipinski definition) is 2. The zero-order valence-corrected chi connectivity index (χ0v) is 14.8. The van der Waals surface area contributed by atoms with Crippen molar-refractivity contribution < 1.29 is 24.2 Å². The van der Waals surface area contributed by atoms with Crippen LogP contribution in [0.2, 0.25) is 0 Å². The summed E-state index contributed by atoms with van der Waals surface area (Å²) in [6, 6.07) is 5.27. The van der Waals surface area contributed by atoms with Crippen LogP contribution in [0.1, 0.15) is 37.8 Å². The Morgan fingerprint density at radius 3 is 2.36 bits per heavy atom. The summed E-state index contributed by atoms with van der Waals surface area (Å²) in [7, 11) is 3.14. The lowest BCUT2D eigenvalue weighted by molar-refractivity contribution is -0.149. The van der Waals surface area contributed by atoms with Crippen molar-refractivity contribution in [3.05, 3.63) is 23.8 Å². The highest BCUT2D eigenvalue weighted by molar-refractivity contribution is 5.86. The quantitative estimate of drug-likeness (QED) is 0.826. The molecule has 25 heavy (non-hydrogen) atoms. The van der Waals surface area contributed by atoms with Gasteiger partial charge in [0.1, 0.15) is 0 Å². The van der Waals surface area contributed by atoms with Crippen LogP contribution in [0.3, 0.4) is 0 Å². The van der Waals surface area contributed by atoms with Crippen LogP contribution in [-0.4, -0.2) is 31.2 Å². The normalized spacial score (nSPS) is 28.4. The number of aliphatic carboxylic acids is 1. The van der Waals surface area contributed by atoms with Crippen LogP contribution in [-0.2, 0) is 9.59 Å². The van der Waals surface area contributed by atoms with Gasteiger partial charge in [0.15, 0.2) is 11.5 Å². The lowest BCUT2D eigenvalue weighted by atomic mass is 9.78. The molecule has 2 N–H and O–H groups in total. The summed E-state index contributed by atoms with van der Waals surface area (Å²) < 4.78 is 10.5. The van der Waals surface area contributed by atoms with Crippen molar-refractivity contribution in [1.82, 2.24) is 5.32 Å². The van der Waals surface area contributed by atoms with E-state index in [1.165, 1.54) is 0 Å². The molecule has 6 nitrogen and oxygen atoms in total. The maximum Gasteiger partial charge on any atom is 0.307 e. The van der Waals surface area contributed by atoms with Crippen molar-refractivity contribution in [2.45, 2.75) is 32.2 Å². The molecule has 136 valence electrons. The molecule has 2 bridgehead atoms. The molecule has 0 spiro atoms. The third-order valence-corrected chi connectivity index (χ3v) is 5.77. The van der Waals surface area contributed by atoms with Crippen molar-refractivity contribution in [3.63, 3.8) is 0 Å². The standard InChI is InChI=1S/C19H25NO5/c1-10(11-6-7-14(24-2)15(9-11)25-3)20-18(21)16-12-4-5-13(8-12)17(16)19(22)23/h6-7,9-10,12-13,16-17H,4-5,8H2,1-3H3,(H,20,21)(H,22,23)/t10-,12-,13-,16+,17-/m0/s1. The molecule has 2 fully saturated rings. The van der Waals surface area contributed by atoms with Crippen LogP contribution >= 0.6 is 0 Å². The van der Waals surface area contributed by atoms with Crippen molar-refractivity contribution in [1.29, 1.82) is 0 Å². The minimum Gasteiger partial charge on any atom is -0.493 e. The zero-order chi connectivity index (χ0) is 18.1. The smallest absolute Gasteiger partial charge is 0.307 e. The van der Waals surface area contributed by atoms with Gasteiger partial charge in [0.05, 0.1) is 32.1 Å². The number of carbonyl (C=O) groups excluding carboxylic acids is 1. The monoisotopic (exact) mass is 347 g/mol. The minimum absolute atomic E-state index is 0.148. The molecule has 0 saturated heterocycles. The fraction of sp³-hybridized carbons (Fsp3) is 0.579. The van der Waals surface area contributed by atoms with Crippen LogP contribution < -0.4 is 14.8 Å². The number of carboxylic acid groups (broad SMARTS) is 1. The maximum absolute atomic E-state index is 12.8. The van der Waals surface area contributed by atoms with Crippen LogP contribution in [0.25, 0.3) is 0 Å². The summed E-state index contributed by atoms with van der Waals surface area (Å²) in [6.45, 7) is 1.89. The predicted molar refractivity (Wildman–Crippen MR) is 91.6 cm³/mol. The van der Waals surface area contributed by atoms with E-state index in [0.717, 1.165) is 24.8 Å². The summed E-state index contributed by atoms with van der Waals surface area (Å²) in [5, 5.41) is 12.5. The van der Waals surface area contributed by atoms with E-state index in [1.807, 2.05) is 19.1 Å². The van der Waals surface area contributed by atoms with Gasteiger partial charge in [-0.25, -0.2) is 0 Å². The summed E-state index contributed by atoms with van der Waals surface area (Å²) in [4.78, 5) is 24.4. The number of ether oxygens (including phenoxy) is 2. The first-order valence-electron chi connectivity index (χ1n) is 8.71. The minimum atomic E-state index is -0.842. The largest absolute Gasteiger partial charge is 0.493 e. The van der Waals surface area contributed by atoms with Crippen LogP contribution in [0.15, 0.2) is 18.2 Å². The number of amides is 1. The predicted octanol–water partition coefficient (Wildman–Crippen LogP) is 2.63. The summed E-state index contributed by atoms with van der Waals surface area (Å²) in [5.74, 6) is -0.380. The van der Waals surface area contributed by atoms with Crippen LogP contribution in [0, 0.1) is 23.7 Å². The average Bonchev–Trinajstić information content (AvgIpc) is 3.22. The van der Waals surface area contributed by atoms with E-state index in [9.17, 15) is 14.7 Å². The Morgan fingerprint density at radius 2 is 1.76 bits per heavy atom. The molecule has 1 aromatic carbocycles. The van der Waals surface area contributed by atoms with Gasteiger partial charge in [-0.2, -0.15) is 0 Å². The highest BCUT2D eigenvalue weighted by Gasteiger charge is 2.54. The van der Waals surface area contributed by atoms with Gasteiger partial charge in [-0.3, -0.25) is 9.59 Å². The average molecular weight is 347 g/mol. The number of carboxylic acids is 1. The number of carbonyl (C=O) groups is 2. The van der Waals surface area contributed by atoms with E-state index >= 15 is 0 Å². The molecule has 0 unspecified atom stereocenters. The fourth-order valence-corrected chi connectivity index (χ4v) is 4.54. The van der Waals surface area contributed by atoms with Gasteiger partial charge in [-0.1, -0.05) is 6.07 Å². The molecule has 6 heteroatoms. The Morgan fingerprint density at radius 1 is 1.12 bits per heavy atom. The molecule has 0 aromatic heterocycles. The first kappa shape index (κ1) is 17.6. The van der Waals surface area contributed by atoms with Gasteiger partial charge in [0, 0.05) is 0 Å². The van der Waals surface area contributed by atoms with E-state index in [1.54, 1.807) is 20.3 Å². The van der Waals surface area contributed by atoms with E-state index in [4.69, 9.17) is 9.47 Å². The Balaban J connectivity index is 1.73. The third-order valence-electron chi connectivity index (χ3n) is 5.77. The Kier molecular flexibility index (Phi) is 4.88. The Hall–Kier alpha value is -2.24. The van der Waals surface area contributed by atoms with E-state index < -0.39 is 17.8 Å². The molecule has 0 radical (unpaired) electrons. The summed E-state index contributed by atoms with van der Waals surface area (Å²) >= 11 is 0. The molecule has 2 aliphatic rings. The van der Waals surface area contributed by atoms with Crippen LogP contribution in [0.4, 0.5) is 0 Å². The molecule has 1 aromatic rings. The highest BCUT2D eigenvalue weighted by Crippen LogP contribution is 2.52. The van der Waals surface area contributed by atoms with Gasteiger partial charge in [-0.05, 0) is 55.7 Å². The zero-order valence-electron chi connectivity index (χ0n) is 14.8. The summed E-state index contributed by atoms with van der Waals surface area (Å²) in [5.41, 5.74) is 0.890.